The molecule has 0 atom stereocenters. The molecule has 1 aromatic heterocycles. The number of ether oxygens (including phenoxy) is 1. The van der Waals surface area contributed by atoms with Crippen molar-refractivity contribution in [2.45, 2.75) is 38.6 Å². The van der Waals surface area contributed by atoms with Crippen LogP contribution in [0.25, 0.3) is 10.2 Å². The Morgan fingerprint density at radius 3 is 2.79 bits per heavy atom. The van der Waals surface area contributed by atoms with Crippen molar-refractivity contribution in [3.05, 3.63) is 29.3 Å². The number of esters is 1. The molecular formula is C18H22N2O3S. The molecule has 24 heavy (non-hydrogen) atoms. The zero-order valence-corrected chi connectivity index (χ0v) is 14.8. The number of thiazole rings is 1. The fraction of sp³-hybridized carbons (Fsp3) is 0.500. The van der Waals surface area contributed by atoms with Gasteiger partial charge in [-0.15, -0.1) is 11.3 Å². The zero-order valence-electron chi connectivity index (χ0n) is 14.0. The summed E-state index contributed by atoms with van der Waals surface area (Å²) in [5.74, 6) is 0.135. The van der Waals surface area contributed by atoms with Crippen LogP contribution in [0.1, 0.15) is 43.0 Å². The third-order valence-corrected chi connectivity index (χ3v) is 5.61. The second-order valence-electron chi connectivity index (χ2n) is 6.53. The molecule has 1 amide bonds. The maximum atomic E-state index is 12.3. The summed E-state index contributed by atoms with van der Waals surface area (Å²) in [5.41, 5.74) is 3.05. The van der Waals surface area contributed by atoms with Gasteiger partial charge in [-0.1, -0.05) is 6.92 Å². The Hall–Kier alpha value is -1.95. The number of amides is 1. The van der Waals surface area contributed by atoms with Crippen LogP contribution in [0.2, 0.25) is 0 Å². The first kappa shape index (κ1) is 16.9. The summed E-state index contributed by atoms with van der Waals surface area (Å²) in [5, 5.41) is 0. The highest BCUT2D eigenvalue weighted by molar-refractivity contribution is 7.16. The number of nitrogens with zero attached hydrogens (tertiary/aromatic N) is 2. The molecule has 1 aromatic carbocycles. The predicted molar refractivity (Wildman–Crippen MR) is 94.1 cm³/mol. The van der Waals surface area contributed by atoms with Gasteiger partial charge in [0, 0.05) is 13.1 Å². The molecule has 0 aliphatic heterocycles. The maximum Gasteiger partial charge on any atom is 0.338 e. The summed E-state index contributed by atoms with van der Waals surface area (Å²) in [6, 6.07) is 5.49. The second kappa shape index (κ2) is 7.30. The van der Waals surface area contributed by atoms with Gasteiger partial charge in [0.05, 0.1) is 21.3 Å². The van der Waals surface area contributed by atoms with E-state index in [0.29, 0.717) is 5.56 Å². The van der Waals surface area contributed by atoms with Gasteiger partial charge in [0.25, 0.3) is 5.91 Å². The van der Waals surface area contributed by atoms with Gasteiger partial charge >= 0.3 is 5.97 Å². The molecule has 1 aliphatic carbocycles. The molecular weight excluding hydrogens is 324 g/mol. The van der Waals surface area contributed by atoms with Gasteiger partial charge in [0.1, 0.15) is 0 Å². The normalized spacial score (nSPS) is 20.8. The van der Waals surface area contributed by atoms with E-state index < -0.39 is 5.97 Å². The molecule has 1 fully saturated rings. The van der Waals surface area contributed by atoms with E-state index in [-0.39, 0.29) is 18.6 Å². The van der Waals surface area contributed by atoms with Crippen LogP contribution >= 0.6 is 11.3 Å². The van der Waals surface area contributed by atoms with E-state index >= 15 is 0 Å². The Labute approximate surface area is 145 Å². The predicted octanol–water partition coefficient (Wildman–Crippen LogP) is 3.49. The van der Waals surface area contributed by atoms with Crippen LogP contribution < -0.4 is 0 Å². The van der Waals surface area contributed by atoms with Gasteiger partial charge in [-0.05, 0) is 49.8 Å². The lowest BCUT2D eigenvalue weighted by Crippen LogP contribution is -2.41. The summed E-state index contributed by atoms with van der Waals surface area (Å²) >= 11 is 1.47. The smallest absolute Gasteiger partial charge is 0.338 e. The van der Waals surface area contributed by atoms with E-state index in [1.165, 1.54) is 11.3 Å². The Morgan fingerprint density at radius 2 is 2.04 bits per heavy atom. The number of likely N-dealkylation sites (N-methyl/N-ethyl adjacent to an activating group) is 1. The van der Waals surface area contributed by atoms with E-state index in [1.807, 2.05) is 0 Å². The monoisotopic (exact) mass is 346 g/mol. The highest BCUT2D eigenvalue weighted by Gasteiger charge is 2.25. The van der Waals surface area contributed by atoms with Crippen LogP contribution in [0, 0.1) is 5.92 Å². The van der Waals surface area contributed by atoms with Crippen molar-refractivity contribution in [1.29, 1.82) is 0 Å². The molecule has 0 spiro atoms. The van der Waals surface area contributed by atoms with Crippen molar-refractivity contribution in [3.8, 4) is 0 Å². The lowest BCUT2D eigenvalue weighted by molar-refractivity contribution is -0.136. The first-order valence-corrected chi connectivity index (χ1v) is 9.18. The first-order chi connectivity index (χ1) is 11.5. The Kier molecular flexibility index (Phi) is 5.14. The number of benzene rings is 1. The third-order valence-electron chi connectivity index (χ3n) is 4.82. The molecule has 0 unspecified atom stereocenters. The minimum atomic E-state index is -0.468. The van der Waals surface area contributed by atoms with Crippen LogP contribution in [-0.2, 0) is 9.53 Å². The highest BCUT2D eigenvalue weighted by Crippen LogP contribution is 2.26. The summed E-state index contributed by atoms with van der Waals surface area (Å²) in [7, 11) is 1.81. The van der Waals surface area contributed by atoms with Gasteiger partial charge in [-0.3, -0.25) is 4.79 Å². The quantitative estimate of drug-likeness (QED) is 0.795. The molecule has 1 heterocycles. The fourth-order valence-electron chi connectivity index (χ4n) is 3.13. The van der Waals surface area contributed by atoms with E-state index in [2.05, 4.69) is 11.9 Å². The van der Waals surface area contributed by atoms with E-state index in [9.17, 15) is 9.59 Å². The molecule has 1 saturated carbocycles. The lowest BCUT2D eigenvalue weighted by atomic mass is 9.87. The van der Waals surface area contributed by atoms with Crippen LogP contribution in [0.15, 0.2) is 23.7 Å². The van der Waals surface area contributed by atoms with E-state index in [4.69, 9.17) is 4.74 Å². The van der Waals surface area contributed by atoms with E-state index in [1.54, 1.807) is 35.7 Å². The summed E-state index contributed by atoms with van der Waals surface area (Å²) in [6.07, 6.45) is 4.35. The van der Waals surface area contributed by atoms with Crippen LogP contribution in [0.5, 0.6) is 0 Å². The number of aromatic nitrogens is 1. The SMILES string of the molecule is CC1CCC(N(C)C(=O)COC(=O)c2ccc3ncsc3c2)CC1. The molecule has 6 heteroatoms. The molecule has 2 aromatic rings. The molecule has 128 valence electrons. The van der Waals surface area contributed by atoms with Crippen molar-refractivity contribution in [2.75, 3.05) is 13.7 Å². The largest absolute Gasteiger partial charge is 0.452 e. The Balaban J connectivity index is 1.54. The van der Waals surface area contributed by atoms with E-state index in [0.717, 1.165) is 41.8 Å². The highest BCUT2D eigenvalue weighted by atomic mass is 32.1. The van der Waals surface area contributed by atoms with Crippen molar-refractivity contribution in [2.24, 2.45) is 5.92 Å². The molecule has 5 nitrogen and oxygen atoms in total. The molecule has 1 aliphatic rings. The molecule has 0 bridgehead atoms. The van der Waals surface area contributed by atoms with Gasteiger partial charge in [-0.2, -0.15) is 0 Å². The molecule has 0 N–H and O–H groups in total. The van der Waals surface area contributed by atoms with Crippen molar-refractivity contribution in [3.63, 3.8) is 0 Å². The van der Waals surface area contributed by atoms with Crippen molar-refractivity contribution in [1.82, 2.24) is 9.88 Å². The maximum absolute atomic E-state index is 12.3. The first-order valence-electron chi connectivity index (χ1n) is 8.30. The number of hydrogen-bond donors (Lipinski definition) is 0. The molecule has 0 saturated heterocycles. The average Bonchev–Trinajstić information content (AvgIpc) is 3.07. The molecule has 3 rings (SSSR count). The standard InChI is InChI=1S/C18H22N2O3S/c1-12-3-6-14(7-4-12)20(2)17(21)10-23-18(22)13-5-8-15-16(9-13)24-11-19-15/h5,8-9,11-12,14H,3-4,6-7,10H2,1-2H3. The summed E-state index contributed by atoms with van der Waals surface area (Å²) in [4.78, 5) is 30.3. The third kappa shape index (κ3) is 3.75. The van der Waals surface area contributed by atoms with Crippen LogP contribution in [0.4, 0.5) is 0 Å². The molecule has 0 radical (unpaired) electrons. The number of hydrogen-bond acceptors (Lipinski definition) is 5. The minimum Gasteiger partial charge on any atom is -0.452 e. The van der Waals surface area contributed by atoms with Crippen molar-refractivity contribution < 1.29 is 14.3 Å². The number of carbonyl (C=O) groups excluding carboxylic acids is 2. The van der Waals surface area contributed by atoms with Crippen molar-refractivity contribution >= 4 is 33.4 Å². The fourth-order valence-corrected chi connectivity index (χ4v) is 3.84. The number of rotatable bonds is 4. The van der Waals surface area contributed by atoms with Crippen LogP contribution in [0.3, 0.4) is 0 Å². The Morgan fingerprint density at radius 1 is 1.29 bits per heavy atom. The van der Waals surface area contributed by atoms with Gasteiger partial charge in [0.15, 0.2) is 6.61 Å². The minimum absolute atomic E-state index is 0.137. The second-order valence-corrected chi connectivity index (χ2v) is 7.42. The van der Waals surface area contributed by atoms with Gasteiger partial charge in [-0.25, -0.2) is 9.78 Å². The number of fused-ring (bicyclic) bond motifs is 1. The Bertz CT molecular complexity index is 735. The summed E-state index contributed by atoms with van der Waals surface area (Å²) in [6.45, 7) is 2.04. The van der Waals surface area contributed by atoms with Gasteiger partial charge in [0.2, 0.25) is 0 Å². The topological polar surface area (TPSA) is 59.5 Å². The lowest BCUT2D eigenvalue weighted by Gasteiger charge is -2.33. The summed E-state index contributed by atoms with van der Waals surface area (Å²) < 4.78 is 6.14. The van der Waals surface area contributed by atoms with Crippen LogP contribution in [-0.4, -0.2) is 41.5 Å². The average molecular weight is 346 g/mol. The zero-order chi connectivity index (χ0) is 17.1. The number of carbonyl (C=O) groups is 2. The van der Waals surface area contributed by atoms with Gasteiger partial charge < -0.3 is 9.64 Å².